The van der Waals surface area contributed by atoms with Gasteiger partial charge in [0, 0.05) is 29.2 Å². The number of aliphatic hydroxyl groups is 2. The Kier molecular flexibility index (Phi) is 5.55. The van der Waals surface area contributed by atoms with Crippen molar-refractivity contribution >= 4 is 22.5 Å². The van der Waals surface area contributed by atoms with Crippen LogP contribution in [0.25, 0.3) is 22.3 Å². The van der Waals surface area contributed by atoms with Gasteiger partial charge in [0.1, 0.15) is 36.1 Å². The summed E-state index contributed by atoms with van der Waals surface area (Å²) in [6, 6.07) is 9.57. The fraction of sp³-hybridized carbons (Fsp3) is 0.143. The van der Waals surface area contributed by atoms with E-state index < -0.39 is 25.2 Å². The van der Waals surface area contributed by atoms with E-state index in [4.69, 9.17) is 5.11 Å². The largest absolute Gasteiger partial charge is 0.393 e. The summed E-state index contributed by atoms with van der Waals surface area (Å²) in [6.07, 6.45) is 2.92. The second-order valence-corrected chi connectivity index (χ2v) is 6.57. The molecule has 4 rings (SSSR count). The molecule has 4 aromatic rings. The Labute approximate surface area is 170 Å². The molecule has 0 aliphatic carbocycles. The summed E-state index contributed by atoms with van der Waals surface area (Å²) in [6.45, 7) is -1.06. The molecule has 9 heteroatoms. The standard InChI is InChI=1S/C21H17F2N5O2/c22-7-12-1-3-15(4-2-12)28-21-20-17(26-11-27-21)6-14(9-25-20)19-16(23)5-13(8-24-19)18(30)10-29/h1-6,8-9,11,18,29-30H,7,10H2,(H,26,27,28)/t18-/m1/s1. The molecule has 0 fully saturated rings. The summed E-state index contributed by atoms with van der Waals surface area (Å²) in [5.41, 5.74) is 2.87. The molecule has 3 heterocycles. The molecule has 0 spiro atoms. The van der Waals surface area contributed by atoms with Crippen LogP contribution >= 0.6 is 0 Å². The van der Waals surface area contributed by atoms with Crippen LogP contribution in [-0.2, 0) is 6.67 Å². The predicted octanol–water partition coefficient (Wildman–Crippen LogP) is 3.46. The number of benzene rings is 1. The molecule has 1 aromatic carbocycles. The average Bonchev–Trinajstić information content (AvgIpc) is 2.79. The third kappa shape index (κ3) is 3.93. The second kappa shape index (κ2) is 8.44. The van der Waals surface area contributed by atoms with E-state index in [1.807, 2.05) is 0 Å². The lowest BCUT2D eigenvalue weighted by atomic mass is 10.1. The number of rotatable bonds is 6. The summed E-state index contributed by atoms with van der Waals surface area (Å²) < 4.78 is 27.2. The molecule has 0 amide bonds. The van der Waals surface area contributed by atoms with Gasteiger partial charge in [-0.2, -0.15) is 0 Å². The van der Waals surface area contributed by atoms with Crippen LogP contribution < -0.4 is 5.32 Å². The van der Waals surface area contributed by atoms with Gasteiger partial charge in [-0.15, -0.1) is 0 Å². The van der Waals surface area contributed by atoms with E-state index in [1.54, 1.807) is 30.3 Å². The van der Waals surface area contributed by atoms with Gasteiger partial charge in [0.2, 0.25) is 0 Å². The molecular weight excluding hydrogens is 392 g/mol. The fourth-order valence-electron chi connectivity index (χ4n) is 2.93. The molecule has 152 valence electrons. The molecule has 0 radical (unpaired) electrons. The number of hydrogen-bond acceptors (Lipinski definition) is 7. The van der Waals surface area contributed by atoms with Crippen LogP contribution in [0.3, 0.4) is 0 Å². The topological polar surface area (TPSA) is 104 Å². The Morgan fingerprint density at radius 3 is 2.50 bits per heavy atom. The van der Waals surface area contributed by atoms with Crippen molar-refractivity contribution in [3.05, 3.63) is 72.1 Å². The first-order chi connectivity index (χ1) is 14.6. The molecule has 7 nitrogen and oxygen atoms in total. The maximum absolute atomic E-state index is 14.5. The van der Waals surface area contributed by atoms with Gasteiger partial charge in [-0.3, -0.25) is 4.98 Å². The Morgan fingerprint density at radius 2 is 1.80 bits per heavy atom. The van der Waals surface area contributed by atoms with Gasteiger partial charge in [-0.05, 0) is 29.8 Å². The predicted molar refractivity (Wildman–Crippen MR) is 107 cm³/mol. The van der Waals surface area contributed by atoms with Gasteiger partial charge in [0.15, 0.2) is 5.82 Å². The van der Waals surface area contributed by atoms with Crippen LogP contribution in [0.4, 0.5) is 20.3 Å². The molecule has 0 aliphatic rings. The van der Waals surface area contributed by atoms with Crippen molar-refractivity contribution in [2.45, 2.75) is 12.8 Å². The Hall–Kier alpha value is -3.56. The molecule has 3 aromatic heterocycles. The lowest BCUT2D eigenvalue weighted by molar-refractivity contribution is 0.0951. The maximum Gasteiger partial charge on any atom is 0.160 e. The molecule has 0 aliphatic heterocycles. The van der Waals surface area contributed by atoms with Crippen LogP contribution in [0.1, 0.15) is 17.2 Å². The molecule has 0 saturated heterocycles. The Balaban J connectivity index is 1.67. The first-order valence-electron chi connectivity index (χ1n) is 9.06. The van der Waals surface area contributed by atoms with Gasteiger partial charge >= 0.3 is 0 Å². The lowest BCUT2D eigenvalue weighted by Gasteiger charge is -2.11. The van der Waals surface area contributed by atoms with Crippen molar-refractivity contribution in [3.63, 3.8) is 0 Å². The number of fused-ring (bicyclic) bond motifs is 1. The SMILES string of the molecule is OC[C@@H](O)c1cnc(-c2cnc3c(Nc4ccc(CF)cc4)ncnc3c2)c(F)c1. The molecule has 30 heavy (non-hydrogen) atoms. The number of halogens is 2. The van der Waals surface area contributed by atoms with Crippen LogP contribution in [0.5, 0.6) is 0 Å². The van der Waals surface area contributed by atoms with E-state index in [9.17, 15) is 13.9 Å². The van der Waals surface area contributed by atoms with Crippen molar-refractivity contribution in [2.24, 2.45) is 0 Å². The number of nitrogens with one attached hydrogen (secondary N) is 1. The van der Waals surface area contributed by atoms with Gasteiger partial charge in [-0.25, -0.2) is 23.7 Å². The Morgan fingerprint density at radius 1 is 1.00 bits per heavy atom. The van der Waals surface area contributed by atoms with E-state index in [-0.39, 0.29) is 11.3 Å². The fourth-order valence-corrected chi connectivity index (χ4v) is 2.93. The number of hydrogen-bond donors (Lipinski definition) is 3. The highest BCUT2D eigenvalue weighted by Crippen LogP contribution is 2.27. The van der Waals surface area contributed by atoms with Crippen LogP contribution in [0.2, 0.25) is 0 Å². The summed E-state index contributed by atoms with van der Waals surface area (Å²) in [5, 5.41) is 21.7. The zero-order chi connectivity index (χ0) is 21.1. The van der Waals surface area contributed by atoms with E-state index in [0.717, 1.165) is 6.07 Å². The number of aliphatic hydroxyl groups excluding tert-OH is 2. The smallest absolute Gasteiger partial charge is 0.160 e. The first-order valence-corrected chi connectivity index (χ1v) is 9.06. The normalized spacial score (nSPS) is 12.1. The molecular formula is C21H17F2N5O2. The number of anilines is 2. The highest BCUT2D eigenvalue weighted by atomic mass is 19.1. The summed E-state index contributed by atoms with van der Waals surface area (Å²) in [5.74, 6) is -0.198. The first kappa shape index (κ1) is 19.7. The van der Waals surface area contributed by atoms with Crippen molar-refractivity contribution in [1.82, 2.24) is 19.9 Å². The van der Waals surface area contributed by atoms with Gasteiger partial charge < -0.3 is 15.5 Å². The van der Waals surface area contributed by atoms with Gasteiger partial charge in [0.25, 0.3) is 0 Å². The monoisotopic (exact) mass is 409 g/mol. The van der Waals surface area contributed by atoms with Crippen LogP contribution in [0.15, 0.2) is 55.1 Å². The van der Waals surface area contributed by atoms with E-state index in [2.05, 4.69) is 25.3 Å². The number of pyridine rings is 2. The minimum absolute atomic E-state index is 0.0493. The molecule has 0 unspecified atom stereocenters. The summed E-state index contributed by atoms with van der Waals surface area (Å²) >= 11 is 0. The minimum Gasteiger partial charge on any atom is -0.393 e. The molecule has 3 N–H and O–H groups in total. The van der Waals surface area contributed by atoms with Crippen LogP contribution in [-0.4, -0.2) is 36.8 Å². The highest BCUT2D eigenvalue weighted by molar-refractivity contribution is 5.89. The highest BCUT2D eigenvalue weighted by Gasteiger charge is 2.14. The number of aromatic nitrogens is 4. The number of nitrogens with zero attached hydrogens (tertiary/aromatic N) is 4. The van der Waals surface area contributed by atoms with Crippen molar-refractivity contribution in [1.29, 1.82) is 0 Å². The zero-order valence-electron chi connectivity index (χ0n) is 15.6. The average molecular weight is 409 g/mol. The van der Waals surface area contributed by atoms with Crippen molar-refractivity contribution in [3.8, 4) is 11.3 Å². The molecule has 0 bridgehead atoms. The van der Waals surface area contributed by atoms with E-state index >= 15 is 0 Å². The third-order valence-corrected chi connectivity index (χ3v) is 4.54. The van der Waals surface area contributed by atoms with Gasteiger partial charge in [0.05, 0.1) is 12.1 Å². The quantitative estimate of drug-likeness (QED) is 0.448. The van der Waals surface area contributed by atoms with E-state index in [0.29, 0.717) is 33.7 Å². The molecule has 1 atom stereocenters. The minimum atomic E-state index is -1.20. The Bertz CT molecular complexity index is 1190. The number of alkyl halides is 1. The summed E-state index contributed by atoms with van der Waals surface area (Å²) in [7, 11) is 0. The van der Waals surface area contributed by atoms with E-state index in [1.165, 1.54) is 18.7 Å². The van der Waals surface area contributed by atoms with Gasteiger partial charge in [-0.1, -0.05) is 12.1 Å². The van der Waals surface area contributed by atoms with Crippen LogP contribution in [0, 0.1) is 5.82 Å². The van der Waals surface area contributed by atoms with Crippen molar-refractivity contribution in [2.75, 3.05) is 11.9 Å². The molecule has 0 saturated carbocycles. The van der Waals surface area contributed by atoms with Crippen molar-refractivity contribution < 1.29 is 19.0 Å². The lowest BCUT2D eigenvalue weighted by Crippen LogP contribution is -2.04. The third-order valence-electron chi connectivity index (χ3n) is 4.54. The second-order valence-electron chi connectivity index (χ2n) is 6.57. The summed E-state index contributed by atoms with van der Waals surface area (Å²) in [4.78, 5) is 16.8. The maximum atomic E-state index is 14.5. The zero-order valence-corrected chi connectivity index (χ0v) is 15.6.